The van der Waals surface area contributed by atoms with Crippen molar-refractivity contribution in [1.29, 1.82) is 0 Å². The topological polar surface area (TPSA) is 98.5 Å². The number of aliphatic hydroxyl groups is 1. The van der Waals surface area contributed by atoms with E-state index in [1.54, 1.807) is 25.3 Å². The van der Waals surface area contributed by atoms with E-state index in [-0.39, 0.29) is 17.4 Å². The number of aromatic nitrogens is 2. The van der Waals surface area contributed by atoms with Gasteiger partial charge in [-0.25, -0.2) is 18.2 Å². The first-order valence-corrected chi connectivity index (χ1v) is 12.0. The van der Waals surface area contributed by atoms with Gasteiger partial charge in [-0.1, -0.05) is 25.1 Å². The number of esters is 1. The summed E-state index contributed by atoms with van der Waals surface area (Å²) >= 11 is 0. The zero-order valence-electron chi connectivity index (χ0n) is 17.6. The van der Waals surface area contributed by atoms with Gasteiger partial charge >= 0.3 is 5.97 Å². The Morgan fingerprint density at radius 3 is 2.61 bits per heavy atom. The predicted molar refractivity (Wildman–Crippen MR) is 116 cm³/mol. The van der Waals surface area contributed by atoms with Crippen molar-refractivity contribution in [2.75, 3.05) is 12.9 Å². The van der Waals surface area contributed by atoms with Gasteiger partial charge in [0.15, 0.2) is 15.5 Å². The minimum Gasteiger partial charge on any atom is -0.461 e. The predicted octanol–water partition coefficient (Wildman–Crippen LogP) is 3.27. The minimum atomic E-state index is -3.47. The molecule has 2 aromatic carbocycles. The molecule has 4 rings (SSSR count). The molecule has 0 bridgehead atoms. The highest BCUT2D eigenvalue weighted by molar-refractivity contribution is 7.90. The third kappa shape index (κ3) is 3.88. The van der Waals surface area contributed by atoms with Gasteiger partial charge in [-0.15, -0.1) is 0 Å². The number of fused-ring (bicyclic) bond motifs is 3. The van der Waals surface area contributed by atoms with Gasteiger partial charge in [0.1, 0.15) is 5.82 Å². The fourth-order valence-electron chi connectivity index (χ4n) is 4.02. The van der Waals surface area contributed by atoms with E-state index in [9.17, 15) is 18.3 Å². The molecule has 7 nitrogen and oxygen atoms in total. The summed E-state index contributed by atoms with van der Waals surface area (Å²) in [6.45, 7) is 3.81. The number of imidazole rings is 1. The summed E-state index contributed by atoms with van der Waals surface area (Å²) in [6, 6.07) is 11.0. The first-order chi connectivity index (χ1) is 14.7. The van der Waals surface area contributed by atoms with Crippen LogP contribution in [0.25, 0.3) is 16.8 Å². The lowest BCUT2D eigenvalue weighted by molar-refractivity contribution is 0.0520. The van der Waals surface area contributed by atoms with E-state index < -0.39 is 15.8 Å². The van der Waals surface area contributed by atoms with E-state index in [0.29, 0.717) is 24.3 Å². The Balaban J connectivity index is 1.78. The van der Waals surface area contributed by atoms with Crippen molar-refractivity contribution < 1.29 is 23.1 Å². The number of benzene rings is 2. The van der Waals surface area contributed by atoms with E-state index in [1.165, 1.54) is 0 Å². The fraction of sp³-hybridized carbons (Fsp3) is 0.304. The maximum absolute atomic E-state index is 12.2. The van der Waals surface area contributed by atoms with Crippen LogP contribution in [0.15, 0.2) is 47.5 Å². The Morgan fingerprint density at radius 1 is 1.23 bits per heavy atom. The third-order valence-electron chi connectivity index (χ3n) is 5.54. The molecule has 1 aliphatic rings. The van der Waals surface area contributed by atoms with Crippen molar-refractivity contribution in [2.45, 2.75) is 37.7 Å². The second kappa shape index (κ2) is 7.94. The second-order valence-electron chi connectivity index (χ2n) is 7.76. The number of rotatable bonds is 5. The molecule has 0 radical (unpaired) electrons. The van der Waals surface area contributed by atoms with Gasteiger partial charge in [0.2, 0.25) is 0 Å². The number of sulfone groups is 1. The van der Waals surface area contributed by atoms with Gasteiger partial charge in [0, 0.05) is 18.9 Å². The van der Waals surface area contributed by atoms with Gasteiger partial charge in [-0.05, 0) is 53.3 Å². The van der Waals surface area contributed by atoms with Crippen molar-refractivity contribution in [3.8, 4) is 16.8 Å². The number of hydrogen-bond acceptors (Lipinski definition) is 6. The van der Waals surface area contributed by atoms with E-state index in [4.69, 9.17) is 4.74 Å². The summed E-state index contributed by atoms with van der Waals surface area (Å²) in [6.07, 6.45) is 3.52. The van der Waals surface area contributed by atoms with Crippen LogP contribution in [-0.2, 0) is 27.6 Å². The molecule has 0 saturated carbocycles. The number of nitrogens with zero attached hydrogens (tertiary/aromatic N) is 2. The van der Waals surface area contributed by atoms with E-state index in [2.05, 4.69) is 11.9 Å². The average molecular weight is 441 g/mol. The molecule has 1 unspecified atom stereocenters. The zero-order chi connectivity index (χ0) is 22.3. The number of carbonyl (C=O) groups excluding carboxylic acids is 1. The molecular formula is C23H24N2O5S. The van der Waals surface area contributed by atoms with Crippen LogP contribution in [0.4, 0.5) is 0 Å². The summed E-state index contributed by atoms with van der Waals surface area (Å²) in [5, 5.41) is 9.50. The number of ether oxygens (including phenoxy) is 1. The van der Waals surface area contributed by atoms with E-state index in [0.717, 1.165) is 34.5 Å². The zero-order valence-corrected chi connectivity index (χ0v) is 18.4. The quantitative estimate of drug-likeness (QED) is 0.612. The molecule has 162 valence electrons. The Kier molecular flexibility index (Phi) is 5.45. The molecule has 1 N–H and O–H groups in total. The van der Waals surface area contributed by atoms with E-state index >= 15 is 0 Å². The molecule has 0 spiro atoms. The summed E-state index contributed by atoms with van der Waals surface area (Å²) in [5.41, 5.74) is 4.34. The molecule has 0 aliphatic carbocycles. The van der Waals surface area contributed by atoms with Crippen LogP contribution in [0, 0.1) is 0 Å². The Morgan fingerprint density at radius 2 is 1.94 bits per heavy atom. The van der Waals surface area contributed by atoms with Crippen LogP contribution >= 0.6 is 0 Å². The number of aliphatic hydroxyl groups excluding tert-OH is 1. The van der Waals surface area contributed by atoms with Crippen molar-refractivity contribution in [3.63, 3.8) is 0 Å². The summed E-state index contributed by atoms with van der Waals surface area (Å²) in [7, 11) is -3.47. The molecule has 8 heteroatoms. The van der Waals surface area contributed by atoms with Crippen LogP contribution in [0.1, 0.15) is 47.2 Å². The van der Waals surface area contributed by atoms with Crippen LogP contribution in [-0.4, -0.2) is 41.9 Å². The first kappa shape index (κ1) is 21.3. The molecule has 0 fully saturated rings. The lowest BCUT2D eigenvalue weighted by atomic mass is 9.89. The minimum absolute atomic E-state index is 0.134. The molecular weight excluding hydrogens is 416 g/mol. The van der Waals surface area contributed by atoms with Crippen LogP contribution in [0.5, 0.6) is 0 Å². The van der Waals surface area contributed by atoms with Gasteiger partial charge in [-0.3, -0.25) is 0 Å². The summed E-state index contributed by atoms with van der Waals surface area (Å²) in [5.74, 6) is 0.543. The molecule has 3 aromatic rings. The van der Waals surface area contributed by atoms with Crippen LogP contribution in [0.2, 0.25) is 0 Å². The maximum Gasteiger partial charge on any atom is 0.358 e. The third-order valence-corrected chi connectivity index (χ3v) is 6.72. The molecule has 31 heavy (non-hydrogen) atoms. The van der Waals surface area contributed by atoms with Gasteiger partial charge < -0.3 is 14.4 Å². The number of carbonyl (C=O) groups is 1. The highest BCUT2D eigenvalue weighted by Crippen LogP contribution is 2.36. The molecule has 0 saturated heterocycles. The number of hydrogen-bond donors (Lipinski definition) is 1. The standard InChI is InChI=1S/C23H24N2O5S/c1-4-30-23(27)19-12-25-20-8-7-15(10-18(20)14(2)9-22(25)24-19)16-5-6-17(13-26)21(11-16)31(3,28)29/h5-8,10-12,14,26H,4,9,13H2,1-3H3. The van der Waals surface area contributed by atoms with Gasteiger partial charge in [0.25, 0.3) is 0 Å². The Labute approximate surface area is 181 Å². The SMILES string of the molecule is CCOC(=O)c1cn2c(n1)CC(C)c1cc(-c3ccc(CO)c(S(C)(=O)=O)c3)ccc1-2. The van der Waals surface area contributed by atoms with Crippen molar-refractivity contribution in [2.24, 2.45) is 0 Å². The Hall–Kier alpha value is -2.97. The molecule has 1 atom stereocenters. The lowest BCUT2D eigenvalue weighted by Gasteiger charge is -2.24. The Bertz CT molecular complexity index is 1280. The van der Waals surface area contributed by atoms with Crippen LogP contribution in [0.3, 0.4) is 0 Å². The second-order valence-corrected chi connectivity index (χ2v) is 9.75. The largest absolute Gasteiger partial charge is 0.461 e. The van der Waals surface area contributed by atoms with Crippen molar-refractivity contribution in [3.05, 3.63) is 65.2 Å². The van der Waals surface area contributed by atoms with Crippen molar-refractivity contribution in [1.82, 2.24) is 9.55 Å². The molecule has 2 heterocycles. The fourth-order valence-corrected chi connectivity index (χ4v) is 4.97. The first-order valence-electron chi connectivity index (χ1n) is 10.1. The summed E-state index contributed by atoms with van der Waals surface area (Å²) < 4.78 is 31.3. The highest BCUT2D eigenvalue weighted by atomic mass is 32.2. The van der Waals surface area contributed by atoms with Crippen molar-refractivity contribution >= 4 is 15.8 Å². The normalized spacial score (nSPS) is 15.3. The van der Waals surface area contributed by atoms with Crippen LogP contribution < -0.4 is 0 Å². The monoisotopic (exact) mass is 440 g/mol. The summed E-state index contributed by atoms with van der Waals surface area (Å²) in [4.78, 5) is 16.7. The lowest BCUT2D eigenvalue weighted by Crippen LogP contribution is -2.15. The highest BCUT2D eigenvalue weighted by Gasteiger charge is 2.26. The van der Waals surface area contributed by atoms with Gasteiger partial charge in [-0.2, -0.15) is 0 Å². The molecule has 1 aromatic heterocycles. The average Bonchev–Trinajstić information content (AvgIpc) is 3.17. The molecule has 0 amide bonds. The maximum atomic E-state index is 12.2. The smallest absolute Gasteiger partial charge is 0.358 e. The van der Waals surface area contributed by atoms with E-state index in [1.807, 2.05) is 28.8 Å². The molecule has 1 aliphatic heterocycles. The van der Waals surface area contributed by atoms with Gasteiger partial charge in [0.05, 0.1) is 23.8 Å².